The molecule has 0 atom stereocenters. The van der Waals surface area contributed by atoms with Gasteiger partial charge in [-0.25, -0.2) is 4.79 Å². The number of aryl methyl sites for hydroxylation is 1. The fourth-order valence-electron chi connectivity index (χ4n) is 6.14. The molecule has 2 saturated heterocycles. The van der Waals surface area contributed by atoms with Crippen LogP contribution in [0.15, 0.2) is 54.9 Å². The third-order valence-electron chi connectivity index (χ3n) is 8.09. The molecule has 0 unspecified atom stereocenters. The number of hydrogen-bond donors (Lipinski definition) is 0. The molecule has 3 amide bonds. The number of carbonyl (C=O) groups is 2. The van der Waals surface area contributed by atoms with E-state index in [4.69, 9.17) is 0 Å². The highest BCUT2D eigenvalue weighted by atomic mass is 16.2. The summed E-state index contributed by atoms with van der Waals surface area (Å²) in [5, 5.41) is 0. The van der Waals surface area contributed by atoms with E-state index in [1.54, 1.807) is 6.20 Å². The molecule has 2 aromatic rings. The summed E-state index contributed by atoms with van der Waals surface area (Å²) >= 11 is 0. The lowest BCUT2D eigenvalue weighted by Crippen LogP contribution is -2.57. The molecule has 0 N–H and O–H groups in total. The molecular weight excluding hydrogens is 424 g/mol. The van der Waals surface area contributed by atoms with Crippen LogP contribution in [0.3, 0.4) is 0 Å². The van der Waals surface area contributed by atoms with Crippen LogP contribution in [0.5, 0.6) is 0 Å². The number of benzene rings is 1. The molecule has 6 heteroatoms. The zero-order chi connectivity index (χ0) is 23.4. The first-order valence-electron chi connectivity index (χ1n) is 13.0. The number of piperidine rings is 1. The van der Waals surface area contributed by atoms with Gasteiger partial charge in [0.1, 0.15) is 5.54 Å². The van der Waals surface area contributed by atoms with Crippen LogP contribution in [0, 0.1) is 0 Å². The smallest absolute Gasteiger partial charge is 0.305 e. The topological polar surface area (TPSA) is 56.8 Å². The molecule has 1 aliphatic carbocycles. The molecule has 1 spiro atoms. The predicted octanol–water partition coefficient (Wildman–Crippen LogP) is 4.65. The summed E-state index contributed by atoms with van der Waals surface area (Å²) in [6.07, 6.45) is 13.2. The highest BCUT2D eigenvalue weighted by Gasteiger charge is 2.57. The van der Waals surface area contributed by atoms with Gasteiger partial charge in [0.25, 0.3) is 5.91 Å². The Balaban J connectivity index is 1.32. The van der Waals surface area contributed by atoms with E-state index in [0.29, 0.717) is 19.1 Å². The maximum Gasteiger partial charge on any atom is 0.327 e. The summed E-state index contributed by atoms with van der Waals surface area (Å²) < 4.78 is 0. The average Bonchev–Trinajstić information content (AvgIpc) is 3.07. The number of carbonyl (C=O) groups excluding carboxylic acids is 2. The van der Waals surface area contributed by atoms with Gasteiger partial charge in [-0.1, -0.05) is 55.7 Å². The van der Waals surface area contributed by atoms with Crippen molar-refractivity contribution in [1.82, 2.24) is 19.7 Å². The predicted molar refractivity (Wildman–Crippen MR) is 132 cm³/mol. The van der Waals surface area contributed by atoms with Crippen molar-refractivity contribution in [3.05, 3.63) is 66.0 Å². The van der Waals surface area contributed by atoms with Gasteiger partial charge in [-0.15, -0.1) is 0 Å². The van der Waals surface area contributed by atoms with Crippen LogP contribution in [0.2, 0.25) is 0 Å². The SMILES string of the molecule is O=C1N(CCCc2cccnc2)C(=O)C2(CCN(C3CCCCC3)CC2)N1Cc1ccccc1. The number of amides is 3. The Morgan fingerprint density at radius 3 is 2.35 bits per heavy atom. The average molecular weight is 461 g/mol. The van der Waals surface area contributed by atoms with E-state index in [0.717, 1.165) is 49.9 Å². The van der Waals surface area contributed by atoms with E-state index in [1.807, 2.05) is 53.6 Å². The number of nitrogens with zero attached hydrogens (tertiary/aromatic N) is 4. The Kier molecular flexibility index (Phi) is 6.95. The van der Waals surface area contributed by atoms with E-state index in [2.05, 4.69) is 9.88 Å². The van der Waals surface area contributed by atoms with Gasteiger partial charge >= 0.3 is 6.03 Å². The summed E-state index contributed by atoms with van der Waals surface area (Å²) in [7, 11) is 0. The number of urea groups is 1. The zero-order valence-corrected chi connectivity index (χ0v) is 20.1. The number of likely N-dealkylation sites (tertiary alicyclic amines) is 1. The van der Waals surface area contributed by atoms with Crippen molar-refractivity contribution in [2.75, 3.05) is 19.6 Å². The van der Waals surface area contributed by atoms with Gasteiger partial charge < -0.3 is 9.80 Å². The third kappa shape index (κ3) is 4.61. The zero-order valence-electron chi connectivity index (χ0n) is 20.1. The van der Waals surface area contributed by atoms with Crippen LogP contribution >= 0.6 is 0 Å². The molecule has 2 aliphatic heterocycles. The van der Waals surface area contributed by atoms with E-state index in [1.165, 1.54) is 37.0 Å². The van der Waals surface area contributed by atoms with Crippen molar-refractivity contribution in [1.29, 1.82) is 0 Å². The van der Waals surface area contributed by atoms with Crippen molar-refractivity contribution in [2.45, 2.75) is 75.9 Å². The van der Waals surface area contributed by atoms with Crippen LogP contribution in [0.4, 0.5) is 4.79 Å². The van der Waals surface area contributed by atoms with Gasteiger partial charge in [0.05, 0.1) is 0 Å². The quantitative estimate of drug-likeness (QED) is 0.565. The number of rotatable bonds is 7. The Labute approximate surface area is 202 Å². The van der Waals surface area contributed by atoms with Gasteiger partial charge in [-0.2, -0.15) is 0 Å². The van der Waals surface area contributed by atoms with Gasteiger partial charge in [-0.05, 0) is 55.7 Å². The molecule has 5 rings (SSSR count). The Bertz CT molecular complexity index is 966. The standard InChI is InChI=1S/C28H36N4O2/c33-26-28(15-19-30(20-16-28)25-13-5-2-6-14-25)32(22-24-9-3-1-4-10-24)27(34)31(26)18-8-12-23-11-7-17-29-21-23/h1,3-4,7,9-11,17,21,25H,2,5-6,8,12-16,18-20,22H2. The molecule has 180 valence electrons. The minimum Gasteiger partial charge on any atom is -0.305 e. The molecule has 0 radical (unpaired) electrons. The summed E-state index contributed by atoms with van der Waals surface area (Å²) in [4.78, 5) is 37.7. The minimum atomic E-state index is -0.702. The molecule has 3 fully saturated rings. The van der Waals surface area contributed by atoms with Crippen LogP contribution in [0.1, 0.15) is 62.5 Å². The third-order valence-corrected chi connectivity index (χ3v) is 8.09. The van der Waals surface area contributed by atoms with Gasteiger partial charge in [0, 0.05) is 44.6 Å². The lowest BCUT2D eigenvalue weighted by Gasteiger charge is -2.45. The molecule has 1 saturated carbocycles. The van der Waals surface area contributed by atoms with Crippen molar-refractivity contribution in [3.63, 3.8) is 0 Å². The monoisotopic (exact) mass is 460 g/mol. The van der Waals surface area contributed by atoms with Crippen molar-refractivity contribution in [2.24, 2.45) is 0 Å². The summed E-state index contributed by atoms with van der Waals surface area (Å²) in [5.41, 5.74) is 1.51. The Hall–Kier alpha value is -2.73. The molecule has 3 heterocycles. The van der Waals surface area contributed by atoms with Crippen LogP contribution in [0.25, 0.3) is 0 Å². The first-order chi connectivity index (χ1) is 16.7. The second kappa shape index (κ2) is 10.3. The Morgan fingerprint density at radius 2 is 1.65 bits per heavy atom. The number of imide groups is 1. The molecule has 1 aromatic carbocycles. The molecular formula is C28H36N4O2. The fourth-order valence-corrected chi connectivity index (χ4v) is 6.14. The maximum atomic E-state index is 13.9. The van der Waals surface area contributed by atoms with Crippen molar-refractivity contribution < 1.29 is 9.59 Å². The van der Waals surface area contributed by atoms with Gasteiger partial charge in [0.2, 0.25) is 0 Å². The second-order valence-corrected chi connectivity index (χ2v) is 10.1. The summed E-state index contributed by atoms with van der Waals surface area (Å²) in [6, 6.07) is 14.6. The fraction of sp³-hybridized carbons (Fsp3) is 0.536. The normalized spacial score (nSPS) is 21.5. The molecule has 34 heavy (non-hydrogen) atoms. The van der Waals surface area contributed by atoms with Crippen LogP contribution in [-0.4, -0.2) is 62.8 Å². The van der Waals surface area contributed by atoms with E-state index < -0.39 is 5.54 Å². The van der Waals surface area contributed by atoms with E-state index in [9.17, 15) is 9.59 Å². The highest BCUT2D eigenvalue weighted by molar-refractivity contribution is 6.07. The first kappa shape index (κ1) is 23.0. The second-order valence-electron chi connectivity index (χ2n) is 10.1. The highest BCUT2D eigenvalue weighted by Crippen LogP contribution is 2.40. The van der Waals surface area contributed by atoms with Crippen molar-refractivity contribution >= 4 is 11.9 Å². The number of hydrogen-bond acceptors (Lipinski definition) is 4. The van der Waals surface area contributed by atoms with E-state index in [-0.39, 0.29) is 11.9 Å². The van der Waals surface area contributed by atoms with Crippen LogP contribution < -0.4 is 0 Å². The summed E-state index contributed by atoms with van der Waals surface area (Å²) in [5.74, 6) is 0.0166. The van der Waals surface area contributed by atoms with Crippen LogP contribution in [-0.2, 0) is 17.8 Å². The minimum absolute atomic E-state index is 0.0166. The largest absolute Gasteiger partial charge is 0.327 e. The maximum absolute atomic E-state index is 13.9. The van der Waals surface area contributed by atoms with Gasteiger partial charge in [0.15, 0.2) is 0 Å². The molecule has 3 aliphatic rings. The molecule has 6 nitrogen and oxygen atoms in total. The van der Waals surface area contributed by atoms with E-state index >= 15 is 0 Å². The van der Waals surface area contributed by atoms with Gasteiger partial charge in [-0.3, -0.25) is 14.7 Å². The molecule has 0 bridgehead atoms. The molecule has 1 aromatic heterocycles. The lowest BCUT2D eigenvalue weighted by molar-refractivity contribution is -0.136. The lowest BCUT2D eigenvalue weighted by atomic mass is 9.83. The van der Waals surface area contributed by atoms with Crippen molar-refractivity contribution in [3.8, 4) is 0 Å². The first-order valence-corrected chi connectivity index (χ1v) is 13.0. The summed E-state index contributed by atoms with van der Waals surface area (Å²) in [6.45, 7) is 2.76. The Morgan fingerprint density at radius 1 is 0.912 bits per heavy atom. The number of aromatic nitrogens is 1. The number of pyridine rings is 1.